The van der Waals surface area contributed by atoms with Crippen molar-refractivity contribution >= 4 is 0 Å². The molecule has 0 heterocycles. The number of rotatable bonds is 6. The lowest BCUT2D eigenvalue weighted by atomic mass is 9.96. The van der Waals surface area contributed by atoms with Gasteiger partial charge in [0.25, 0.3) is 0 Å². The Morgan fingerprint density at radius 3 is 2.57 bits per heavy atom. The molecule has 2 rings (SSSR count). The summed E-state index contributed by atoms with van der Waals surface area (Å²) in [5.41, 5.74) is 8.81. The molecule has 0 aliphatic rings. The van der Waals surface area contributed by atoms with E-state index in [2.05, 4.69) is 13.0 Å². The van der Waals surface area contributed by atoms with Crippen LogP contribution in [0.25, 0.3) is 0 Å². The van der Waals surface area contributed by atoms with Crippen molar-refractivity contribution in [1.29, 1.82) is 0 Å². The number of ether oxygens (including phenoxy) is 1. The van der Waals surface area contributed by atoms with Crippen molar-refractivity contribution in [2.24, 2.45) is 5.73 Å². The minimum Gasteiger partial charge on any atom is -0.493 e. The van der Waals surface area contributed by atoms with Crippen LogP contribution in [-0.4, -0.2) is 13.2 Å². The SMILES string of the molecule is Cc1cccc(OCCC(CN)c2ccccc2F)c1C. The van der Waals surface area contributed by atoms with Crippen LogP contribution in [0.2, 0.25) is 0 Å². The summed E-state index contributed by atoms with van der Waals surface area (Å²) in [6.45, 7) is 5.05. The Hall–Kier alpha value is -1.87. The highest BCUT2D eigenvalue weighted by atomic mass is 19.1. The topological polar surface area (TPSA) is 35.2 Å². The molecule has 0 saturated heterocycles. The van der Waals surface area contributed by atoms with Crippen LogP contribution < -0.4 is 10.5 Å². The van der Waals surface area contributed by atoms with Gasteiger partial charge in [-0.3, -0.25) is 0 Å². The largest absolute Gasteiger partial charge is 0.493 e. The average Bonchev–Trinajstić information content (AvgIpc) is 2.49. The van der Waals surface area contributed by atoms with Gasteiger partial charge in [-0.05, 0) is 55.6 Å². The van der Waals surface area contributed by atoms with E-state index in [0.717, 1.165) is 11.3 Å². The smallest absolute Gasteiger partial charge is 0.126 e. The molecule has 2 aromatic carbocycles. The molecule has 0 aliphatic heterocycles. The first-order valence-corrected chi connectivity index (χ1v) is 7.27. The van der Waals surface area contributed by atoms with Crippen molar-refractivity contribution in [2.75, 3.05) is 13.2 Å². The standard InChI is InChI=1S/C18H22FNO/c1-13-6-5-9-18(14(13)2)21-11-10-15(12-20)16-7-3-4-8-17(16)19/h3-9,15H,10-12,20H2,1-2H3. The van der Waals surface area contributed by atoms with Crippen molar-refractivity contribution in [2.45, 2.75) is 26.2 Å². The fourth-order valence-electron chi connectivity index (χ4n) is 2.40. The number of hydrogen-bond acceptors (Lipinski definition) is 2. The normalized spacial score (nSPS) is 12.2. The Morgan fingerprint density at radius 1 is 1.10 bits per heavy atom. The molecular formula is C18H22FNO. The highest BCUT2D eigenvalue weighted by Crippen LogP contribution is 2.24. The zero-order valence-corrected chi connectivity index (χ0v) is 12.6. The molecule has 0 fully saturated rings. The van der Waals surface area contributed by atoms with E-state index in [1.165, 1.54) is 11.6 Å². The number of aryl methyl sites for hydroxylation is 1. The Morgan fingerprint density at radius 2 is 1.86 bits per heavy atom. The molecule has 1 unspecified atom stereocenters. The van der Waals surface area contributed by atoms with Crippen LogP contribution >= 0.6 is 0 Å². The minimum absolute atomic E-state index is 0.0173. The van der Waals surface area contributed by atoms with Gasteiger partial charge in [0.1, 0.15) is 11.6 Å². The number of nitrogens with two attached hydrogens (primary N) is 1. The van der Waals surface area contributed by atoms with Crippen LogP contribution in [-0.2, 0) is 0 Å². The molecule has 1 atom stereocenters. The van der Waals surface area contributed by atoms with E-state index in [1.54, 1.807) is 12.1 Å². The van der Waals surface area contributed by atoms with Crippen molar-refractivity contribution in [3.8, 4) is 5.75 Å². The van der Waals surface area contributed by atoms with Crippen molar-refractivity contribution < 1.29 is 9.13 Å². The van der Waals surface area contributed by atoms with Crippen LogP contribution in [0.15, 0.2) is 42.5 Å². The van der Waals surface area contributed by atoms with E-state index in [0.29, 0.717) is 25.1 Å². The summed E-state index contributed by atoms with van der Waals surface area (Å²) >= 11 is 0. The van der Waals surface area contributed by atoms with E-state index >= 15 is 0 Å². The zero-order valence-electron chi connectivity index (χ0n) is 12.6. The average molecular weight is 287 g/mol. The third-order valence-electron chi connectivity index (χ3n) is 3.91. The molecule has 0 spiro atoms. The molecular weight excluding hydrogens is 265 g/mol. The fraction of sp³-hybridized carbons (Fsp3) is 0.333. The Balaban J connectivity index is 1.98. The van der Waals surface area contributed by atoms with Crippen molar-refractivity contribution in [1.82, 2.24) is 0 Å². The second-order valence-corrected chi connectivity index (χ2v) is 5.29. The second-order valence-electron chi connectivity index (χ2n) is 5.29. The molecule has 0 aromatic heterocycles. The molecule has 0 amide bonds. The van der Waals surface area contributed by atoms with Crippen LogP contribution in [0.1, 0.15) is 29.0 Å². The molecule has 2 aromatic rings. The molecule has 0 bridgehead atoms. The lowest BCUT2D eigenvalue weighted by Crippen LogP contribution is -2.17. The number of hydrogen-bond donors (Lipinski definition) is 1. The highest BCUT2D eigenvalue weighted by Gasteiger charge is 2.14. The Labute approximate surface area is 125 Å². The molecule has 0 radical (unpaired) electrons. The summed E-state index contributed by atoms with van der Waals surface area (Å²) in [7, 11) is 0. The zero-order chi connectivity index (χ0) is 15.2. The monoisotopic (exact) mass is 287 g/mol. The molecule has 3 heteroatoms. The van der Waals surface area contributed by atoms with Crippen molar-refractivity contribution in [3.05, 3.63) is 65.0 Å². The summed E-state index contributed by atoms with van der Waals surface area (Å²) in [6, 6.07) is 12.8. The summed E-state index contributed by atoms with van der Waals surface area (Å²) in [6.07, 6.45) is 0.699. The van der Waals surface area contributed by atoms with Crippen LogP contribution in [0.5, 0.6) is 5.75 Å². The van der Waals surface area contributed by atoms with Gasteiger partial charge in [-0.15, -0.1) is 0 Å². The first-order chi connectivity index (χ1) is 10.1. The molecule has 21 heavy (non-hydrogen) atoms. The summed E-state index contributed by atoms with van der Waals surface area (Å²) < 4.78 is 19.6. The maximum atomic E-state index is 13.8. The van der Waals surface area contributed by atoms with Crippen molar-refractivity contribution in [3.63, 3.8) is 0 Å². The number of benzene rings is 2. The van der Waals surface area contributed by atoms with Gasteiger partial charge >= 0.3 is 0 Å². The fourth-order valence-corrected chi connectivity index (χ4v) is 2.40. The van der Waals surface area contributed by atoms with Crippen LogP contribution in [0.4, 0.5) is 4.39 Å². The lowest BCUT2D eigenvalue weighted by Gasteiger charge is -2.17. The number of halogens is 1. The van der Waals surface area contributed by atoms with E-state index in [9.17, 15) is 4.39 Å². The van der Waals surface area contributed by atoms with Gasteiger partial charge in [-0.2, -0.15) is 0 Å². The third kappa shape index (κ3) is 3.82. The predicted octanol–water partition coefficient (Wildman–Crippen LogP) is 3.95. The molecule has 0 saturated carbocycles. The summed E-state index contributed by atoms with van der Waals surface area (Å²) in [5, 5.41) is 0. The van der Waals surface area contributed by atoms with Gasteiger partial charge in [0.2, 0.25) is 0 Å². The van der Waals surface area contributed by atoms with Gasteiger partial charge in [0, 0.05) is 5.92 Å². The van der Waals surface area contributed by atoms with E-state index in [4.69, 9.17) is 10.5 Å². The van der Waals surface area contributed by atoms with Gasteiger partial charge in [-0.1, -0.05) is 30.3 Å². The minimum atomic E-state index is -0.195. The first kappa shape index (κ1) is 15.5. The highest BCUT2D eigenvalue weighted by molar-refractivity contribution is 5.38. The quantitative estimate of drug-likeness (QED) is 0.873. The van der Waals surface area contributed by atoms with Gasteiger partial charge in [0.05, 0.1) is 6.61 Å². The van der Waals surface area contributed by atoms with Crippen LogP contribution in [0, 0.1) is 19.7 Å². The third-order valence-corrected chi connectivity index (χ3v) is 3.91. The van der Waals surface area contributed by atoms with Gasteiger partial charge in [-0.25, -0.2) is 4.39 Å². The lowest BCUT2D eigenvalue weighted by molar-refractivity contribution is 0.295. The predicted molar refractivity (Wildman–Crippen MR) is 84.2 cm³/mol. The summed E-state index contributed by atoms with van der Waals surface area (Å²) in [4.78, 5) is 0. The second kappa shape index (κ2) is 7.23. The van der Waals surface area contributed by atoms with E-state index < -0.39 is 0 Å². The Bertz CT molecular complexity index is 598. The first-order valence-electron chi connectivity index (χ1n) is 7.27. The summed E-state index contributed by atoms with van der Waals surface area (Å²) in [5.74, 6) is 0.676. The maximum Gasteiger partial charge on any atom is 0.126 e. The molecule has 112 valence electrons. The van der Waals surface area contributed by atoms with E-state index in [1.807, 2.05) is 25.1 Å². The molecule has 0 aliphatic carbocycles. The Kier molecular flexibility index (Phi) is 5.34. The van der Waals surface area contributed by atoms with E-state index in [-0.39, 0.29) is 11.7 Å². The van der Waals surface area contributed by atoms with Gasteiger partial charge in [0.15, 0.2) is 0 Å². The molecule has 2 N–H and O–H groups in total. The molecule has 2 nitrogen and oxygen atoms in total. The van der Waals surface area contributed by atoms with Crippen LogP contribution in [0.3, 0.4) is 0 Å². The maximum absolute atomic E-state index is 13.8. The van der Waals surface area contributed by atoms with Gasteiger partial charge < -0.3 is 10.5 Å².